The molecular weight excluding hydrogens is 383 g/mol. The lowest BCUT2D eigenvalue weighted by molar-refractivity contribution is 0.598. The highest BCUT2D eigenvalue weighted by Crippen LogP contribution is 2.28. The molecule has 3 rings (SSSR count). The van der Waals surface area contributed by atoms with Crippen molar-refractivity contribution in [3.63, 3.8) is 0 Å². The SMILES string of the molecule is Cc1cc(Cl)cc2s/c(=N\S(=O)(=O)c3ccc(Cl)s3)n(C)c12. The molecule has 0 bridgehead atoms. The fourth-order valence-electron chi connectivity index (χ4n) is 2.14. The molecule has 0 spiro atoms. The summed E-state index contributed by atoms with van der Waals surface area (Å²) in [4.78, 5) is 0.393. The van der Waals surface area contributed by atoms with E-state index in [4.69, 9.17) is 23.2 Å². The van der Waals surface area contributed by atoms with Crippen LogP contribution in [-0.2, 0) is 17.1 Å². The second kappa shape index (κ2) is 5.65. The van der Waals surface area contributed by atoms with E-state index in [2.05, 4.69) is 4.40 Å². The summed E-state index contributed by atoms with van der Waals surface area (Å²) < 4.78 is 31.8. The third-order valence-corrected chi connectivity index (χ3v) is 7.43. The highest BCUT2D eigenvalue weighted by Gasteiger charge is 2.17. The van der Waals surface area contributed by atoms with Crippen LogP contribution in [0.1, 0.15) is 5.56 Å². The molecule has 0 aliphatic heterocycles. The van der Waals surface area contributed by atoms with Crippen molar-refractivity contribution in [3.05, 3.63) is 44.0 Å². The van der Waals surface area contributed by atoms with Gasteiger partial charge in [0.15, 0.2) is 0 Å². The Morgan fingerprint density at radius 1 is 1.18 bits per heavy atom. The van der Waals surface area contributed by atoms with Crippen molar-refractivity contribution in [2.75, 3.05) is 0 Å². The van der Waals surface area contributed by atoms with E-state index in [0.29, 0.717) is 14.2 Å². The van der Waals surface area contributed by atoms with Crippen molar-refractivity contribution in [3.8, 4) is 0 Å². The summed E-state index contributed by atoms with van der Waals surface area (Å²) in [5.41, 5.74) is 1.90. The van der Waals surface area contributed by atoms with Crippen molar-refractivity contribution in [1.29, 1.82) is 0 Å². The number of sulfonamides is 1. The van der Waals surface area contributed by atoms with Gasteiger partial charge in [0.2, 0.25) is 4.80 Å². The number of thiazole rings is 1. The Hall–Kier alpha value is -0.860. The Labute approximate surface area is 145 Å². The third kappa shape index (κ3) is 2.83. The molecule has 3 aromatic rings. The molecule has 2 aromatic heterocycles. The Morgan fingerprint density at radius 2 is 1.91 bits per heavy atom. The van der Waals surface area contributed by atoms with E-state index in [0.717, 1.165) is 27.1 Å². The third-order valence-electron chi connectivity index (χ3n) is 3.05. The fourth-order valence-corrected chi connectivity index (χ4v) is 6.30. The van der Waals surface area contributed by atoms with Gasteiger partial charge in [-0.05, 0) is 36.8 Å². The second-order valence-electron chi connectivity index (χ2n) is 4.64. The maximum Gasteiger partial charge on any atom is 0.294 e. The molecule has 2 heterocycles. The van der Waals surface area contributed by atoms with Crippen LogP contribution >= 0.6 is 45.9 Å². The van der Waals surface area contributed by atoms with Crippen LogP contribution in [0.15, 0.2) is 32.9 Å². The van der Waals surface area contributed by atoms with Crippen molar-refractivity contribution < 1.29 is 8.42 Å². The number of fused-ring (bicyclic) bond motifs is 1. The summed E-state index contributed by atoms with van der Waals surface area (Å²) in [5.74, 6) is 0. The van der Waals surface area contributed by atoms with Crippen LogP contribution in [0.4, 0.5) is 0 Å². The van der Waals surface area contributed by atoms with E-state index in [1.54, 1.807) is 17.7 Å². The molecule has 9 heteroatoms. The topological polar surface area (TPSA) is 51.4 Å². The van der Waals surface area contributed by atoms with Crippen LogP contribution in [0.3, 0.4) is 0 Å². The van der Waals surface area contributed by atoms with Gasteiger partial charge in [0.25, 0.3) is 10.0 Å². The van der Waals surface area contributed by atoms with Crippen LogP contribution in [0, 0.1) is 6.92 Å². The molecule has 116 valence electrons. The normalized spacial score (nSPS) is 13.2. The van der Waals surface area contributed by atoms with Gasteiger partial charge in [-0.15, -0.1) is 15.7 Å². The molecule has 0 saturated carbocycles. The molecule has 0 radical (unpaired) electrons. The van der Waals surface area contributed by atoms with E-state index in [1.165, 1.54) is 17.4 Å². The predicted octanol–water partition coefficient (Wildman–Crippen LogP) is 4.21. The number of hydrogen-bond acceptors (Lipinski definition) is 4. The number of thiophene rings is 1. The molecule has 0 atom stereocenters. The Balaban J connectivity index is 2.26. The molecule has 0 fully saturated rings. The standard InChI is InChI=1S/C13H10Cl2N2O2S3/c1-7-5-8(14)6-9-12(7)17(2)13(20-9)16-22(18,19)11-4-3-10(15)21-11/h3-6H,1-2H3/b16-13-. The van der Waals surface area contributed by atoms with E-state index in [9.17, 15) is 8.42 Å². The summed E-state index contributed by atoms with van der Waals surface area (Å²) in [6, 6.07) is 6.65. The van der Waals surface area contributed by atoms with Crippen molar-refractivity contribution in [1.82, 2.24) is 4.57 Å². The fraction of sp³-hybridized carbons (Fsp3) is 0.154. The highest BCUT2D eigenvalue weighted by atomic mass is 35.5. The first-order valence-electron chi connectivity index (χ1n) is 6.10. The van der Waals surface area contributed by atoms with Gasteiger partial charge in [0, 0.05) is 12.1 Å². The summed E-state index contributed by atoms with van der Waals surface area (Å²) in [5, 5.41) is 0.617. The maximum atomic E-state index is 12.3. The molecule has 0 N–H and O–H groups in total. The number of aromatic nitrogens is 1. The van der Waals surface area contributed by atoms with E-state index in [-0.39, 0.29) is 4.21 Å². The van der Waals surface area contributed by atoms with Crippen molar-refractivity contribution >= 4 is 66.1 Å². The number of rotatable bonds is 2. The van der Waals surface area contributed by atoms with Gasteiger partial charge in [0.1, 0.15) is 4.21 Å². The van der Waals surface area contributed by atoms with Gasteiger partial charge in [-0.2, -0.15) is 8.42 Å². The summed E-state index contributed by atoms with van der Waals surface area (Å²) >= 11 is 14.1. The summed E-state index contributed by atoms with van der Waals surface area (Å²) in [6.07, 6.45) is 0. The Morgan fingerprint density at radius 3 is 2.55 bits per heavy atom. The highest BCUT2D eigenvalue weighted by molar-refractivity contribution is 7.92. The molecule has 0 amide bonds. The predicted molar refractivity (Wildman–Crippen MR) is 92.6 cm³/mol. The van der Waals surface area contributed by atoms with Crippen LogP contribution in [0.5, 0.6) is 0 Å². The second-order valence-corrected chi connectivity index (χ2v) is 9.63. The number of benzene rings is 1. The van der Waals surface area contributed by atoms with Gasteiger partial charge >= 0.3 is 0 Å². The zero-order chi connectivity index (χ0) is 16.1. The lowest BCUT2D eigenvalue weighted by Crippen LogP contribution is -2.13. The van der Waals surface area contributed by atoms with Crippen LogP contribution in [0.25, 0.3) is 10.2 Å². The number of hydrogen-bond donors (Lipinski definition) is 0. The van der Waals surface area contributed by atoms with E-state index in [1.807, 2.05) is 19.1 Å². The number of nitrogens with zero attached hydrogens (tertiary/aromatic N) is 2. The first-order chi connectivity index (χ1) is 10.3. The lowest BCUT2D eigenvalue weighted by atomic mass is 10.2. The van der Waals surface area contributed by atoms with Gasteiger partial charge in [-0.25, -0.2) is 0 Å². The molecule has 22 heavy (non-hydrogen) atoms. The first-order valence-corrected chi connectivity index (χ1v) is 9.93. The largest absolute Gasteiger partial charge is 0.319 e. The van der Waals surface area contributed by atoms with Gasteiger partial charge in [-0.3, -0.25) is 0 Å². The Kier molecular flexibility index (Phi) is 4.11. The van der Waals surface area contributed by atoms with Crippen LogP contribution < -0.4 is 4.80 Å². The maximum absolute atomic E-state index is 12.3. The van der Waals surface area contributed by atoms with Gasteiger partial charge in [0.05, 0.1) is 14.6 Å². The molecule has 1 aromatic carbocycles. The molecular formula is C13H10Cl2N2O2S3. The first kappa shape index (κ1) is 16.0. The zero-order valence-corrected chi connectivity index (χ0v) is 15.5. The minimum absolute atomic E-state index is 0.129. The molecule has 0 unspecified atom stereocenters. The number of halogens is 2. The minimum Gasteiger partial charge on any atom is -0.319 e. The van der Waals surface area contributed by atoms with Crippen LogP contribution in [0.2, 0.25) is 9.36 Å². The average Bonchev–Trinajstić information content (AvgIpc) is 2.95. The van der Waals surface area contributed by atoms with Crippen LogP contribution in [-0.4, -0.2) is 13.0 Å². The number of aryl methyl sites for hydroxylation is 2. The smallest absolute Gasteiger partial charge is 0.294 e. The van der Waals surface area contributed by atoms with Crippen molar-refractivity contribution in [2.45, 2.75) is 11.1 Å². The lowest BCUT2D eigenvalue weighted by Gasteiger charge is -2.00. The quantitative estimate of drug-likeness (QED) is 0.655. The summed E-state index contributed by atoms with van der Waals surface area (Å²) in [6.45, 7) is 1.93. The molecule has 0 aliphatic carbocycles. The average molecular weight is 393 g/mol. The van der Waals surface area contributed by atoms with Gasteiger partial charge in [-0.1, -0.05) is 34.5 Å². The Bertz CT molecular complexity index is 1050. The molecule has 0 aliphatic rings. The van der Waals surface area contributed by atoms with E-state index >= 15 is 0 Å². The molecule has 0 saturated heterocycles. The molecule has 4 nitrogen and oxygen atoms in total. The summed E-state index contributed by atoms with van der Waals surface area (Å²) in [7, 11) is -1.98. The van der Waals surface area contributed by atoms with Gasteiger partial charge < -0.3 is 4.57 Å². The van der Waals surface area contributed by atoms with Crippen molar-refractivity contribution in [2.24, 2.45) is 11.4 Å². The zero-order valence-electron chi connectivity index (χ0n) is 11.5. The van der Waals surface area contributed by atoms with E-state index < -0.39 is 10.0 Å². The minimum atomic E-state index is -3.77. The monoisotopic (exact) mass is 392 g/mol.